The van der Waals surface area contributed by atoms with Crippen molar-refractivity contribution >= 4 is 11.8 Å². The number of likely N-dealkylation sites (N-methyl/N-ethyl adjacent to an activating group) is 1. The van der Waals surface area contributed by atoms with Gasteiger partial charge in [0.15, 0.2) is 0 Å². The third-order valence-electron chi connectivity index (χ3n) is 3.16. The first-order chi connectivity index (χ1) is 8.11. The summed E-state index contributed by atoms with van der Waals surface area (Å²) in [6, 6.07) is 6.04. The van der Waals surface area contributed by atoms with Gasteiger partial charge in [-0.2, -0.15) is 0 Å². The molecule has 0 unspecified atom stereocenters. The van der Waals surface area contributed by atoms with E-state index in [1.165, 1.54) is 11.3 Å². The molecule has 4 nitrogen and oxygen atoms in total. The first-order valence-corrected chi connectivity index (χ1v) is 5.81. The smallest absolute Gasteiger partial charge is 0.246 e. The van der Waals surface area contributed by atoms with Crippen molar-refractivity contribution in [2.24, 2.45) is 0 Å². The normalized spacial score (nSPS) is 14.9. The van der Waals surface area contributed by atoms with Crippen molar-refractivity contribution in [1.29, 1.82) is 0 Å². The largest absolute Gasteiger partial charge is 0.374 e. The topological polar surface area (TPSA) is 46.4 Å². The van der Waals surface area contributed by atoms with Crippen LogP contribution in [0.2, 0.25) is 0 Å². The Morgan fingerprint density at radius 2 is 2.35 bits per heavy atom. The molecular formula is C13H16N2O2. The predicted molar refractivity (Wildman–Crippen MR) is 68.7 cm³/mol. The second-order valence-corrected chi connectivity index (χ2v) is 4.31. The second kappa shape index (κ2) is 4.57. The molecule has 0 aromatic heterocycles. The maximum atomic E-state index is 10.7. The summed E-state index contributed by atoms with van der Waals surface area (Å²) in [4.78, 5) is 12.6. The van der Waals surface area contributed by atoms with Crippen LogP contribution in [0.4, 0.5) is 5.69 Å². The Kier molecular flexibility index (Phi) is 3.13. The van der Waals surface area contributed by atoms with Gasteiger partial charge in [-0.25, -0.2) is 0 Å². The fourth-order valence-corrected chi connectivity index (χ4v) is 2.15. The second-order valence-electron chi connectivity index (χ2n) is 4.31. The average molecular weight is 232 g/mol. The lowest BCUT2D eigenvalue weighted by Gasteiger charge is -2.11. The lowest BCUT2D eigenvalue weighted by Crippen LogP contribution is -2.12. The van der Waals surface area contributed by atoms with Gasteiger partial charge in [0.2, 0.25) is 5.70 Å². The fraction of sp³-hybridized carbons (Fsp3) is 0.385. The average Bonchev–Trinajstić information content (AvgIpc) is 2.67. The molecule has 2 rings (SSSR count). The summed E-state index contributed by atoms with van der Waals surface area (Å²) in [5, 5.41) is 10.7. The molecule has 0 radical (unpaired) electrons. The number of hydrogen-bond donors (Lipinski definition) is 0. The van der Waals surface area contributed by atoms with Crippen molar-refractivity contribution in [1.82, 2.24) is 0 Å². The number of benzene rings is 1. The minimum Gasteiger partial charge on any atom is -0.374 e. The summed E-state index contributed by atoms with van der Waals surface area (Å²) >= 11 is 0. The molecule has 0 N–H and O–H groups in total. The van der Waals surface area contributed by atoms with Crippen molar-refractivity contribution < 1.29 is 4.92 Å². The molecule has 1 aromatic carbocycles. The first-order valence-electron chi connectivity index (χ1n) is 5.81. The van der Waals surface area contributed by atoms with Crippen LogP contribution < -0.4 is 4.90 Å². The van der Waals surface area contributed by atoms with Crippen LogP contribution in [0.3, 0.4) is 0 Å². The van der Waals surface area contributed by atoms with E-state index in [0.717, 1.165) is 18.5 Å². The van der Waals surface area contributed by atoms with Crippen LogP contribution in [0, 0.1) is 10.1 Å². The van der Waals surface area contributed by atoms with Crippen LogP contribution in [0.25, 0.3) is 6.08 Å². The number of fused-ring (bicyclic) bond motifs is 1. The van der Waals surface area contributed by atoms with Gasteiger partial charge in [-0.15, -0.1) is 0 Å². The summed E-state index contributed by atoms with van der Waals surface area (Å²) < 4.78 is 0. The van der Waals surface area contributed by atoms with Crippen LogP contribution in [0.15, 0.2) is 23.9 Å². The number of nitrogens with zero attached hydrogens (tertiary/aromatic N) is 2. The Labute approximate surface area is 101 Å². The van der Waals surface area contributed by atoms with E-state index in [4.69, 9.17) is 0 Å². The zero-order chi connectivity index (χ0) is 12.4. The van der Waals surface area contributed by atoms with Crippen molar-refractivity contribution in [2.45, 2.75) is 19.8 Å². The van der Waals surface area contributed by atoms with E-state index < -0.39 is 0 Å². The molecule has 1 heterocycles. The van der Waals surface area contributed by atoms with E-state index in [-0.39, 0.29) is 10.6 Å². The highest BCUT2D eigenvalue weighted by Gasteiger charge is 2.16. The standard InChI is InChI=1S/C13H16N2O2/c1-3-12(15(16)17)9-10-4-5-13-11(8-10)6-7-14(13)2/h4-5,8-9H,3,6-7H2,1-2H3. The maximum Gasteiger partial charge on any atom is 0.246 e. The minimum absolute atomic E-state index is 0.260. The van der Waals surface area contributed by atoms with Gasteiger partial charge in [-0.05, 0) is 29.7 Å². The zero-order valence-corrected chi connectivity index (χ0v) is 10.1. The van der Waals surface area contributed by atoms with Gasteiger partial charge in [-0.1, -0.05) is 13.0 Å². The number of nitro groups is 1. The van der Waals surface area contributed by atoms with Gasteiger partial charge in [0.25, 0.3) is 0 Å². The third-order valence-corrected chi connectivity index (χ3v) is 3.16. The van der Waals surface area contributed by atoms with E-state index in [9.17, 15) is 10.1 Å². The molecule has 90 valence electrons. The Bertz CT molecular complexity index is 480. The molecule has 0 saturated heterocycles. The van der Waals surface area contributed by atoms with Crippen molar-refractivity contribution in [3.05, 3.63) is 45.1 Å². The summed E-state index contributed by atoms with van der Waals surface area (Å²) in [7, 11) is 2.07. The van der Waals surface area contributed by atoms with Gasteiger partial charge < -0.3 is 4.90 Å². The van der Waals surface area contributed by atoms with E-state index in [1.54, 1.807) is 13.0 Å². The Hall–Kier alpha value is -1.84. The highest BCUT2D eigenvalue weighted by molar-refractivity contribution is 5.63. The molecule has 0 aliphatic carbocycles. The molecule has 0 bridgehead atoms. The third kappa shape index (κ3) is 2.30. The van der Waals surface area contributed by atoms with E-state index in [2.05, 4.69) is 18.0 Å². The van der Waals surface area contributed by atoms with Crippen LogP contribution >= 0.6 is 0 Å². The highest BCUT2D eigenvalue weighted by atomic mass is 16.6. The van der Waals surface area contributed by atoms with Crippen LogP contribution in [-0.4, -0.2) is 18.5 Å². The molecule has 1 aliphatic heterocycles. The number of anilines is 1. The molecule has 4 heteroatoms. The van der Waals surface area contributed by atoms with E-state index in [1.807, 2.05) is 12.1 Å². The molecule has 0 atom stereocenters. The zero-order valence-electron chi connectivity index (χ0n) is 10.1. The van der Waals surface area contributed by atoms with Gasteiger partial charge in [0.05, 0.1) is 4.92 Å². The van der Waals surface area contributed by atoms with E-state index >= 15 is 0 Å². The molecule has 17 heavy (non-hydrogen) atoms. The van der Waals surface area contributed by atoms with Gasteiger partial charge in [0.1, 0.15) is 0 Å². The monoisotopic (exact) mass is 232 g/mol. The summed E-state index contributed by atoms with van der Waals surface area (Å²) in [5.41, 5.74) is 3.70. The quantitative estimate of drug-likeness (QED) is 0.594. The molecule has 1 aromatic rings. The lowest BCUT2D eigenvalue weighted by molar-refractivity contribution is -0.425. The van der Waals surface area contributed by atoms with Crippen LogP contribution in [0.1, 0.15) is 24.5 Å². The van der Waals surface area contributed by atoms with Crippen molar-refractivity contribution in [3.8, 4) is 0 Å². The number of hydrogen-bond acceptors (Lipinski definition) is 3. The molecule has 0 amide bonds. The minimum atomic E-state index is -0.306. The Balaban J connectivity index is 2.33. The first kappa shape index (κ1) is 11.6. The molecular weight excluding hydrogens is 216 g/mol. The summed E-state index contributed by atoms with van der Waals surface area (Å²) in [5.74, 6) is 0. The summed E-state index contributed by atoms with van der Waals surface area (Å²) in [6.45, 7) is 2.83. The lowest BCUT2D eigenvalue weighted by atomic mass is 10.1. The number of allylic oxidation sites excluding steroid dienone is 1. The molecule has 0 saturated carbocycles. The maximum absolute atomic E-state index is 10.7. The molecule has 0 spiro atoms. The van der Waals surface area contributed by atoms with Gasteiger partial charge >= 0.3 is 0 Å². The van der Waals surface area contributed by atoms with Crippen molar-refractivity contribution in [3.63, 3.8) is 0 Å². The molecule has 0 fully saturated rings. The highest BCUT2D eigenvalue weighted by Crippen LogP contribution is 2.28. The number of rotatable bonds is 3. The summed E-state index contributed by atoms with van der Waals surface area (Å²) in [6.07, 6.45) is 3.13. The SMILES string of the molecule is CCC(=Cc1ccc2c(c1)CCN2C)[N+](=O)[O-]. The van der Waals surface area contributed by atoms with Crippen LogP contribution in [0.5, 0.6) is 0 Å². The molecule has 1 aliphatic rings. The van der Waals surface area contributed by atoms with Crippen LogP contribution in [-0.2, 0) is 6.42 Å². The van der Waals surface area contributed by atoms with Crippen molar-refractivity contribution in [2.75, 3.05) is 18.5 Å². The van der Waals surface area contributed by atoms with Gasteiger partial charge in [-0.3, -0.25) is 10.1 Å². The van der Waals surface area contributed by atoms with Gasteiger partial charge in [0, 0.05) is 31.8 Å². The Morgan fingerprint density at radius 1 is 1.59 bits per heavy atom. The predicted octanol–water partition coefficient (Wildman–Crippen LogP) is 2.71. The Morgan fingerprint density at radius 3 is 3.00 bits per heavy atom. The van der Waals surface area contributed by atoms with E-state index in [0.29, 0.717) is 6.42 Å². The fourth-order valence-electron chi connectivity index (χ4n) is 2.15.